The van der Waals surface area contributed by atoms with Gasteiger partial charge in [-0.15, -0.1) is 0 Å². The molecular formula is C16H18F3N5O. The van der Waals surface area contributed by atoms with Gasteiger partial charge in [-0.25, -0.2) is 4.98 Å². The van der Waals surface area contributed by atoms with Crippen molar-refractivity contribution in [3.63, 3.8) is 0 Å². The van der Waals surface area contributed by atoms with Gasteiger partial charge in [0.15, 0.2) is 5.69 Å². The monoisotopic (exact) mass is 353 g/mol. The van der Waals surface area contributed by atoms with Crippen LogP contribution in [0.4, 0.5) is 19.0 Å². The molecule has 1 fully saturated rings. The Morgan fingerprint density at radius 2 is 2.20 bits per heavy atom. The number of rotatable bonds is 4. The van der Waals surface area contributed by atoms with Crippen LogP contribution in [0, 0.1) is 0 Å². The zero-order valence-electron chi connectivity index (χ0n) is 13.6. The molecule has 0 saturated carbocycles. The average molecular weight is 353 g/mol. The molecular weight excluding hydrogens is 335 g/mol. The van der Waals surface area contributed by atoms with Crippen molar-refractivity contribution in [2.24, 2.45) is 0 Å². The summed E-state index contributed by atoms with van der Waals surface area (Å²) in [5.74, 6) is 0.459. The van der Waals surface area contributed by atoms with E-state index in [1.807, 2.05) is 12.1 Å². The zero-order valence-corrected chi connectivity index (χ0v) is 13.6. The number of nitrogens with one attached hydrogen (secondary N) is 1. The number of hydrogen-bond acceptors (Lipinski definition) is 4. The van der Waals surface area contributed by atoms with Gasteiger partial charge >= 0.3 is 6.18 Å². The van der Waals surface area contributed by atoms with Gasteiger partial charge in [-0.1, -0.05) is 0 Å². The molecule has 2 aromatic heterocycles. The Kier molecular flexibility index (Phi) is 4.65. The molecule has 134 valence electrons. The van der Waals surface area contributed by atoms with Gasteiger partial charge in [0.05, 0.1) is 6.04 Å². The van der Waals surface area contributed by atoms with E-state index in [0.717, 1.165) is 29.2 Å². The maximum Gasteiger partial charge on any atom is 0.435 e. The molecule has 1 atom stereocenters. The fourth-order valence-electron chi connectivity index (χ4n) is 3.03. The van der Waals surface area contributed by atoms with Gasteiger partial charge < -0.3 is 10.2 Å². The van der Waals surface area contributed by atoms with Crippen LogP contribution in [0.25, 0.3) is 0 Å². The number of aromatic nitrogens is 3. The lowest BCUT2D eigenvalue weighted by atomic mass is 10.1. The summed E-state index contributed by atoms with van der Waals surface area (Å²) in [7, 11) is 1.76. The van der Waals surface area contributed by atoms with E-state index >= 15 is 0 Å². The number of pyridine rings is 1. The van der Waals surface area contributed by atoms with Crippen molar-refractivity contribution in [1.29, 1.82) is 0 Å². The second-order valence-electron chi connectivity index (χ2n) is 5.87. The smallest absolute Gasteiger partial charge is 0.373 e. The number of carbonyl (C=O) groups is 1. The molecule has 9 heteroatoms. The van der Waals surface area contributed by atoms with Gasteiger partial charge in [0, 0.05) is 26.0 Å². The molecule has 3 rings (SSSR count). The summed E-state index contributed by atoms with van der Waals surface area (Å²) in [4.78, 5) is 18.4. The van der Waals surface area contributed by atoms with Crippen LogP contribution < -0.4 is 5.32 Å². The van der Waals surface area contributed by atoms with Crippen LogP contribution in [-0.2, 0) is 17.5 Å². The van der Waals surface area contributed by atoms with Crippen molar-refractivity contribution in [2.45, 2.75) is 31.6 Å². The van der Waals surface area contributed by atoms with Gasteiger partial charge in [-0.05, 0) is 36.6 Å². The van der Waals surface area contributed by atoms with Crippen molar-refractivity contribution >= 4 is 11.7 Å². The van der Waals surface area contributed by atoms with Crippen LogP contribution in [-0.4, -0.2) is 39.2 Å². The highest BCUT2D eigenvalue weighted by atomic mass is 19.4. The summed E-state index contributed by atoms with van der Waals surface area (Å²) < 4.78 is 38.9. The third kappa shape index (κ3) is 3.75. The molecule has 1 N–H and O–H groups in total. The fraction of sp³-hybridized carbons (Fsp3) is 0.438. The number of anilines is 1. The van der Waals surface area contributed by atoms with Crippen LogP contribution in [0.15, 0.2) is 30.6 Å². The predicted molar refractivity (Wildman–Crippen MR) is 84.7 cm³/mol. The number of hydrogen-bond donors (Lipinski definition) is 1. The summed E-state index contributed by atoms with van der Waals surface area (Å²) in [5.41, 5.74) is -0.0345. The van der Waals surface area contributed by atoms with E-state index in [-0.39, 0.29) is 18.5 Å². The van der Waals surface area contributed by atoms with Gasteiger partial charge in [0.2, 0.25) is 5.91 Å². The van der Waals surface area contributed by atoms with Crippen molar-refractivity contribution in [3.05, 3.63) is 41.9 Å². The van der Waals surface area contributed by atoms with Gasteiger partial charge in [-0.2, -0.15) is 18.3 Å². The van der Waals surface area contributed by atoms with Gasteiger partial charge in [-0.3, -0.25) is 9.48 Å². The normalized spacial score (nSPS) is 17.8. The van der Waals surface area contributed by atoms with Crippen LogP contribution in [0.3, 0.4) is 0 Å². The van der Waals surface area contributed by atoms with Crippen LogP contribution >= 0.6 is 0 Å². The minimum Gasteiger partial charge on any atom is -0.373 e. The Morgan fingerprint density at radius 3 is 2.88 bits per heavy atom. The highest BCUT2D eigenvalue weighted by Gasteiger charge is 2.34. The Morgan fingerprint density at radius 1 is 1.40 bits per heavy atom. The van der Waals surface area contributed by atoms with E-state index in [1.165, 1.54) is 6.20 Å². The van der Waals surface area contributed by atoms with Crippen LogP contribution in [0.1, 0.15) is 30.1 Å². The van der Waals surface area contributed by atoms with Crippen LogP contribution in [0.2, 0.25) is 0 Å². The maximum absolute atomic E-state index is 12.6. The zero-order chi connectivity index (χ0) is 18.0. The number of halogens is 3. The molecule has 1 aliphatic heterocycles. The number of amides is 1. The Balaban J connectivity index is 1.73. The highest BCUT2D eigenvalue weighted by molar-refractivity contribution is 5.76. The first kappa shape index (κ1) is 17.2. The first-order valence-corrected chi connectivity index (χ1v) is 7.92. The minimum absolute atomic E-state index is 0.0970. The minimum atomic E-state index is -4.51. The topological polar surface area (TPSA) is 63.1 Å². The summed E-state index contributed by atoms with van der Waals surface area (Å²) >= 11 is 0. The Labute approximate surface area is 142 Å². The third-order valence-electron chi connectivity index (χ3n) is 4.23. The molecule has 0 bridgehead atoms. The van der Waals surface area contributed by atoms with E-state index < -0.39 is 11.9 Å². The Hall–Kier alpha value is -2.58. The molecule has 1 amide bonds. The number of alkyl halides is 3. The lowest BCUT2D eigenvalue weighted by Gasteiger charge is -2.25. The van der Waals surface area contributed by atoms with E-state index in [4.69, 9.17) is 0 Å². The molecule has 0 aliphatic carbocycles. The third-order valence-corrected chi connectivity index (χ3v) is 4.23. The Bertz CT molecular complexity index is 758. The molecule has 2 aromatic rings. The molecule has 1 aliphatic rings. The molecule has 0 unspecified atom stereocenters. The lowest BCUT2D eigenvalue weighted by Crippen LogP contribution is -2.33. The van der Waals surface area contributed by atoms with Crippen molar-refractivity contribution in [2.75, 3.05) is 18.9 Å². The van der Waals surface area contributed by atoms with Crippen LogP contribution in [0.5, 0.6) is 0 Å². The summed E-state index contributed by atoms with van der Waals surface area (Å²) in [5, 5.41) is 6.40. The molecule has 3 heterocycles. The second-order valence-corrected chi connectivity index (χ2v) is 5.87. The number of likely N-dealkylation sites (tertiary alicyclic amines) is 1. The van der Waals surface area contributed by atoms with Crippen molar-refractivity contribution in [1.82, 2.24) is 19.7 Å². The number of carbonyl (C=O) groups excluding carboxylic acids is 1. The quantitative estimate of drug-likeness (QED) is 0.918. The summed E-state index contributed by atoms with van der Waals surface area (Å²) in [6.45, 7) is 0.366. The van der Waals surface area contributed by atoms with E-state index in [9.17, 15) is 18.0 Å². The maximum atomic E-state index is 12.6. The average Bonchev–Trinajstić information content (AvgIpc) is 3.23. The molecule has 6 nitrogen and oxygen atoms in total. The molecule has 1 saturated heterocycles. The van der Waals surface area contributed by atoms with Crippen molar-refractivity contribution < 1.29 is 18.0 Å². The molecule has 0 radical (unpaired) electrons. The number of nitrogens with zero attached hydrogens (tertiary/aromatic N) is 4. The van der Waals surface area contributed by atoms with E-state index in [0.29, 0.717) is 12.4 Å². The first-order valence-electron chi connectivity index (χ1n) is 7.92. The highest BCUT2D eigenvalue weighted by Crippen LogP contribution is 2.33. The van der Waals surface area contributed by atoms with Crippen molar-refractivity contribution in [3.8, 4) is 0 Å². The molecule has 0 aromatic carbocycles. The van der Waals surface area contributed by atoms with Gasteiger partial charge in [0.25, 0.3) is 0 Å². The van der Waals surface area contributed by atoms with E-state index in [1.54, 1.807) is 18.1 Å². The standard InChI is InChI=1S/C16H18F3N5O/c1-20-14-9-11(4-6-21-14)12-3-2-7-24(12)15(25)10-23-8-5-13(22-23)16(17,18)19/h4-6,8-9,12H,2-3,7,10H2,1H3,(H,20,21)/t12-/m0/s1. The predicted octanol–water partition coefficient (Wildman–Crippen LogP) is 2.70. The van der Waals surface area contributed by atoms with Gasteiger partial charge in [0.1, 0.15) is 12.4 Å². The molecule has 0 spiro atoms. The second kappa shape index (κ2) is 6.73. The van der Waals surface area contributed by atoms with E-state index in [2.05, 4.69) is 15.4 Å². The summed E-state index contributed by atoms with van der Waals surface area (Å²) in [6.07, 6.45) is 0.00000853. The molecule has 25 heavy (non-hydrogen) atoms. The largest absolute Gasteiger partial charge is 0.435 e. The SMILES string of the molecule is CNc1cc([C@@H]2CCCN2C(=O)Cn2ccc(C(F)(F)F)n2)ccn1. The lowest BCUT2D eigenvalue weighted by molar-refractivity contribution is -0.142. The fourth-order valence-corrected chi connectivity index (χ4v) is 3.03. The summed E-state index contributed by atoms with van der Waals surface area (Å²) in [6, 6.07) is 4.51. The first-order chi connectivity index (χ1) is 11.9.